The number of pyridine rings is 1. The Bertz CT molecular complexity index is 705. The van der Waals surface area contributed by atoms with E-state index < -0.39 is 0 Å². The molecule has 0 spiro atoms. The van der Waals surface area contributed by atoms with Gasteiger partial charge >= 0.3 is 0 Å². The SMILES string of the molecule is Cc1cnc(C2CC2)n1C1CCCN(C(=O)c2cccnc2)C1. The van der Waals surface area contributed by atoms with Gasteiger partial charge < -0.3 is 9.47 Å². The van der Waals surface area contributed by atoms with Crippen molar-refractivity contribution in [3.8, 4) is 0 Å². The second-order valence-corrected chi connectivity index (χ2v) is 6.69. The second-order valence-electron chi connectivity index (χ2n) is 6.69. The van der Waals surface area contributed by atoms with Gasteiger partial charge in [-0.05, 0) is 44.7 Å². The van der Waals surface area contributed by atoms with Gasteiger partial charge in [0, 0.05) is 43.3 Å². The highest BCUT2D eigenvalue weighted by atomic mass is 16.2. The van der Waals surface area contributed by atoms with Crippen LogP contribution in [0.3, 0.4) is 0 Å². The molecule has 0 radical (unpaired) electrons. The Morgan fingerprint density at radius 1 is 1.26 bits per heavy atom. The van der Waals surface area contributed by atoms with Crippen LogP contribution in [0.15, 0.2) is 30.7 Å². The molecule has 1 saturated heterocycles. The highest BCUT2D eigenvalue weighted by molar-refractivity contribution is 5.93. The summed E-state index contributed by atoms with van der Waals surface area (Å²) in [6.45, 7) is 3.72. The molecule has 1 atom stereocenters. The number of rotatable bonds is 3. The summed E-state index contributed by atoms with van der Waals surface area (Å²) in [5.41, 5.74) is 1.89. The predicted molar refractivity (Wildman–Crippen MR) is 87.4 cm³/mol. The molecule has 5 nitrogen and oxygen atoms in total. The van der Waals surface area contributed by atoms with Crippen LogP contribution in [0, 0.1) is 6.92 Å². The monoisotopic (exact) mass is 310 g/mol. The first-order chi connectivity index (χ1) is 11.2. The lowest BCUT2D eigenvalue weighted by molar-refractivity contribution is 0.0676. The van der Waals surface area contributed by atoms with Crippen molar-refractivity contribution in [2.24, 2.45) is 0 Å². The molecule has 0 bridgehead atoms. The van der Waals surface area contributed by atoms with Crippen LogP contribution in [0.5, 0.6) is 0 Å². The minimum atomic E-state index is 0.0912. The van der Waals surface area contributed by atoms with E-state index in [2.05, 4.69) is 21.5 Å². The van der Waals surface area contributed by atoms with Gasteiger partial charge in [-0.3, -0.25) is 9.78 Å². The molecule has 3 heterocycles. The van der Waals surface area contributed by atoms with E-state index in [1.165, 1.54) is 24.4 Å². The van der Waals surface area contributed by atoms with Crippen molar-refractivity contribution in [2.75, 3.05) is 13.1 Å². The zero-order valence-corrected chi connectivity index (χ0v) is 13.5. The highest BCUT2D eigenvalue weighted by Crippen LogP contribution is 2.41. The average Bonchev–Trinajstić information content (AvgIpc) is 3.37. The molecule has 0 aromatic carbocycles. The van der Waals surface area contributed by atoms with Crippen molar-refractivity contribution in [2.45, 2.75) is 44.6 Å². The van der Waals surface area contributed by atoms with Crippen molar-refractivity contribution in [3.05, 3.63) is 47.8 Å². The largest absolute Gasteiger partial charge is 0.337 e. The lowest BCUT2D eigenvalue weighted by atomic mass is 10.0. The molecule has 1 amide bonds. The number of carbonyl (C=O) groups is 1. The lowest BCUT2D eigenvalue weighted by Gasteiger charge is -2.34. The van der Waals surface area contributed by atoms with Gasteiger partial charge in [0.25, 0.3) is 5.91 Å². The lowest BCUT2D eigenvalue weighted by Crippen LogP contribution is -2.41. The second kappa shape index (κ2) is 5.80. The fraction of sp³-hybridized carbons (Fsp3) is 0.500. The van der Waals surface area contributed by atoms with Gasteiger partial charge in [-0.1, -0.05) is 0 Å². The Balaban J connectivity index is 1.56. The molecule has 1 saturated carbocycles. The van der Waals surface area contributed by atoms with Gasteiger partial charge in [0.2, 0.25) is 0 Å². The van der Waals surface area contributed by atoms with Gasteiger partial charge in [-0.25, -0.2) is 4.98 Å². The number of nitrogens with zero attached hydrogens (tertiary/aromatic N) is 4. The third-order valence-corrected chi connectivity index (χ3v) is 4.91. The first kappa shape index (κ1) is 14.4. The van der Waals surface area contributed by atoms with Crippen molar-refractivity contribution < 1.29 is 4.79 Å². The minimum Gasteiger partial charge on any atom is -0.337 e. The number of piperidine rings is 1. The number of amides is 1. The summed E-state index contributed by atoms with van der Waals surface area (Å²) < 4.78 is 2.39. The maximum absolute atomic E-state index is 12.7. The molecular formula is C18H22N4O. The van der Waals surface area contributed by atoms with E-state index in [0.717, 1.165) is 25.9 Å². The van der Waals surface area contributed by atoms with Crippen LogP contribution < -0.4 is 0 Å². The zero-order valence-electron chi connectivity index (χ0n) is 13.5. The maximum atomic E-state index is 12.7. The number of hydrogen-bond acceptors (Lipinski definition) is 3. The summed E-state index contributed by atoms with van der Waals surface area (Å²) in [7, 11) is 0. The third-order valence-electron chi connectivity index (χ3n) is 4.91. The number of aromatic nitrogens is 3. The molecule has 2 aromatic rings. The fourth-order valence-corrected chi connectivity index (χ4v) is 3.61. The summed E-state index contributed by atoms with van der Waals surface area (Å²) in [6, 6.07) is 4.01. The number of hydrogen-bond donors (Lipinski definition) is 0. The van der Waals surface area contributed by atoms with E-state index >= 15 is 0 Å². The van der Waals surface area contributed by atoms with E-state index in [1.54, 1.807) is 12.4 Å². The van der Waals surface area contributed by atoms with E-state index in [-0.39, 0.29) is 5.91 Å². The van der Waals surface area contributed by atoms with Crippen LogP contribution in [0.1, 0.15) is 59.5 Å². The molecule has 0 N–H and O–H groups in total. The normalized spacial score (nSPS) is 21.4. The predicted octanol–water partition coefficient (Wildman–Crippen LogP) is 2.94. The first-order valence-electron chi connectivity index (χ1n) is 8.47. The number of likely N-dealkylation sites (tertiary alicyclic amines) is 1. The molecule has 23 heavy (non-hydrogen) atoms. The number of imidazole rings is 1. The minimum absolute atomic E-state index is 0.0912. The van der Waals surface area contributed by atoms with E-state index in [9.17, 15) is 4.79 Å². The molecule has 2 aromatic heterocycles. The van der Waals surface area contributed by atoms with Crippen LogP contribution >= 0.6 is 0 Å². The van der Waals surface area contributed by atoms with E-state index in [4.69, 9.17) is 0 Å². The summed E-state index contributed by atoms with van der Waals surface area (Å²) in [6.07, 6.45) is 10.0. The number of aryl methyl sites for hydroxylation is 1. The molecule has 4 rings (SSSR count). The molecule has 2 fully saturated rings. The highest BCUT2D eigenvalue weighted by Gasteiger charge is 2.33. The van der Waals surface area contributed by atoms with Crippen molar-refractivity contribution in [1.29, 1.82) is 0 Å². The van der Waals surface area contributed by atoms with Crippen LogP contribution in [0.2, 0.25) is 0 Å². The number of carbonyl (C=O) groups excluding carboxylic acids is 1. The van der Waals surface area contributed by atoms with Gasteiger partial charge in [-0.15, -0.1) is 0 Å². The van der Waals surface area contributed by atoms with Crippen LogP contribution in [0.25, 0.3) is 0 Å². The van der Waals surface area contributed by atoms with Gasteiger partial charge in [-0.2, -0.15) is 0 Å². The zero-order chi connectivity index (χ0) is 15.8. The van der Waals surface area contributed by atoms with Crippen molar-refractivity contribution in [1.82, 2.24) is 19.4 Å². The van der Waals surface area contributed by atoms with Crippen molar-refractivity contribution >= 4 is 5.91 Å². The molecular weight excluding hydrogens is 288 g/mol. The average molecular weight is 310 g/mol. The summed E-state index contributed by atoms with van der Waals surface area (Å²) >= 11 is 0. The maximum Gasteiger partial charge on any atom is 0.255 e. The Morgan fingerprint density at radius 3 is 2.87 bits per heavy atom. The molecule has 120 valence electrons. The first-order valence-corrected chi connectivity index (χ1v) is 8.47. The fourth-order valence-electron chi connectivity index (χ4n) is 3.61. The molecule has 2 aliphatic rings. The standard InChI is InChI=1S/C18H22N4O/c1-13-10-20-17(14-6-7-14)22(13)16-5-3-9-21(12-16)18(23)15-4-2-8-19-11-15/h2,4,8,10-11,14,16H,3,5-7,9,12H2,1H3. The smallest absolute Gasteiger partial charge is 0.255 e. The van der Waals surface area contributed by atoms with Crippen molar-refractivity contribution in [3.63, 3.8) is 0 Å². The van der Waals surface area contributed by atoms with Crippen LogP contribution in [-0.2, 0) is 0 Å². The Hall–Kier alpha value is -2.17. The molecule has 5 heteroatoms. The van der Waals surface area contributed by atoms with Crippen LogP contribution in [-0.4, -0.2) is 38.4 Å². The molecule has 1 unspecified atom stereocenters. The van der Waals surface area contributed by atoms with Gasteiger partial charge in [0.15, 0.2) is 0 Å². The van der Waals surface area contributed by atoms with E-state index in [1.807, 2.05) is 23.2 Å². The van der Waals surface area contributed by atoms with Gasteiger partial charge in [0.1, 0.15) is 5.82 Å². The summed E-state index contributed by atoms with van der Waals surface area (Å²) in [5, 5.41) is 0. The summed E-state index contributed by atoms with van der Waals surface area (Å²) in [4.78, 5) is 23.4. The molecule has 1 aliphatic heterocycles. The topological polar surface area (TPSA) is 51.0 Å². The van der Waals surface area contributed by atoms with Crippen LogP contribution in [0.4, 0.5) is 0 Å². The Labute approximate surface area is 136 Å². The Morgan fingerprint density at radius 2 is 2.13 bits per heavy atom. The summed E-state index contributed by atoms with van der Waals surface area (Å²) in [5.74, 6) is 1.95. The third kappa shape index (κ3) is 2.76. The Kier molecular flexibility index (Phi) is 3.63. The van der Waals surface area contributed by atoms with E-state index in [0.29, 0.717) is 17.5 Å². The quantitative estimate of drug-likeness (QED) is 0.876. The van der Waals surface area contributed by atoms with Gasteiger partial charge in [0.05, 0.1) is 11.6 Å². The molecule has 1 aliphatic carbocycles.